The van der Waals surface area contributed by atoms with Crippen LogP contribution in [0.3, 0.4) is 0 Å². The number of aromatic nitrogens is 2. The first-order valence-corrected chi connectivity index (χ1v) is 7.39. The first-order valence-electron chi connectivity index (χ1n) is 7.39. The van der Waals surface area contributed by atoms with E-state index in [4.69, 9.17) is 4.74 Å². The summed E-state index contributed by atoms with van der Waals surface area (Å²) in [6.45, 7) is 0.230. The lowest BCUT2D eigenvalue weighted by atomic mass is 10.1. The number of hydrogen-bond acceptors (Lipinski definition) is 3. The summed E-state index contributed by atoms with van der Waals surface area (Å²) in [4.78, 5) is 16.5. The van der Waals surface area contributed by atoms with Gasteiger partial charge in [-0.2, -0.15) is 0 Å². The monoisotopic (exact) mass is 302 g/mol. The summed E-state index contributed by atoms with van der Waals surface area (Å²) < 4.78 is 7.24. The summed E-state index contributed by atoms with van der Waals surface area (Å²) in [5.74, 6) is -0.415. The molecule has 4 nitrogen and oxygen atoms in total. The van der Waals surface area contributed by atoms with Gasteiger partial charge >= 0.3 is 5.97 Å². The third-order valence-corrected chi connectivity index (χ3v) is 3.81. The van der Waals surface area contributed by atoms with Crippen molar-refractivity contribution in [1.29, 1.82) is 0 Å². The molecule has 0 N–H and O–H groups in total. The molecule has 0 saturated heterocycles. The van der Waals surface area contributed by atoms with E-state index < -0.39 is 5.97 Å². The second-order valence-corrected chi connectivity index (χ2v) is 5.31. The predicted molar refractivity (Wildman–Crippen MR) is 88.3 cm³/mol. The van der Waals surface area contributed by atoms with Crippen LogP contribution in [0.25, 0.3) is 16.4 Å². The second-order valence-electron chi connectivity index (χ2n) is 5.31. The van der Waals surface area contributed by atoms with Crippen LogP contribution in [-0.2, 0) is 11.3 Å². The molecule has 0 aliphatic carbocycles. The number of pyridine rings is 1. The zero-order chi connectivity index (χ0) is 15.6. The number of fused-ring (bicyclic) bond motifs is 2. The molecule has 0 fully saturated rings. The summed E-state index contributed by atoms with van der Waals surface area (Å²) in [6, 6.07) is 19.7. The van der Waals surface area contributed by atoms with E-state index in [2.05, 4.69) is 4.98 Å². The van der Waals surface area contributed by atoms with Crippen molar-refractivity contribution < 1.29 is 9.53 Å². The molecule has 4 aromatic rings. The maximum atomic E-state index is 12.2. The van der Waals surface area contributed by atoms with Crippen LogP contribution >= 0.6 is 0 Å². The fourth-order valence-corrected chi connectivity index (χ4v) is 2.67. The molecule has 112 valence electrons. The van der Waals surface area contributed by atoms with Crippen molar-refractivity contribution in [2.75, 3.05) is 0 Å². The van der Waals surface area contributed by atoms with Crippen LogP contribution in [0.1, 0.15) is 16.1 Å². The first kappa shape index (κ1) is 13.5. The molecule has 2 aromatic heterocycles. The van der Waals surface area contributed by atoms with Crippen molar-refractivity contribution in [3.8, 4) is 0 Å². The van der Waals surface area contributed by atoms with Gasteiger partial charge in [0.2, 0.25) is 0 Å². The van der Waals surface area contributed by atoms with E-state index in [0.717, 1.165) is 22.0 Å². The van der Waals surface area contributed by atoms with Crippen LogP contribution in [0, 0.1) is 0 Å². The highest BCUT2D eigenvalue weighted by Crippen LogP contribution is 2.19. The molecule has 0 spiro atoms. The van der Waals surface area contributed by atoms with Gasteiger partial charge in [-0.15, -0.1) is 0 Å². The lowest BCUT2D eigenvalue weighted by Crippen LogP contribution is -2.05. The van der Waals surface area contributed by atoms with E-state index in [1.165, 1.54) is 0 Å². The minimum atomic E-state index is -0.415. The number of benzene rings is 2. The Balaban J connectivity index is 1.57. The maximum Gasteiger partial charge on any atom is 0.358 e. The van der Waals surface area contributed by atoms with Crippen molar-refractivity contribution in [3.63, 3.8) is 0 Å². The average molecular weight is 302 g/mol. The van der Waals surface area contributed by atoms with Crippen molar-refractivity contribution in [3.05, 3.63) is 84.3 Å². The Hall–Kier alpha value is -3.14. The minimum absolute atomic E-state index is 0.230. The second kappa shape index (κ2) is 5.57. The summed E-state index contributed by atoms with van der Waals surface area (Å²) in [6.07, 6.45) is 3.53. The number of rotatable bonds is 3. The molecule has 0 atom stereocenters. The van der Waals surface area contributed by atoms with Crippen LogP contribution in [-0.4, -0.2) is 15.4 Å². The lowest BCUT2D eigenvalue weighted by Gasteiger charge is -2.07. The van der Waals surface area contributed by atoms with E-state index in [1.807, 2.05) is 66.9 Å². The van der Waals surface area contributed by atoms with Gasteiger partial charge in [-0.3, -0.25) is 0 Å². The molecule has 23 heavy (non-hydrogen) atoms. The largest absolute Gasteiger partial charge is 0.456 e. The molecule has 2 aromatic carbocycles. The highest BCUT2D eigenvalue weighted by molar-refractivity contribution is 5.89. The third kappa shape index (κ3) is 2.55. The Bertz CT molecular complexity index is 966. The van der Waals surface area contributed by atoms with Gasteiger partial charge in [0, 0.05) is 12.4 Å². The average Bonchev–Trinajstić information content (AvgIpc) is 3.04. The molecule has 0 aliphatic rings. The van der Waals surface area contributed by atoms with E-state index in [-0.39, 0.29) is 6.61 Å². The Morgan fingerprint density at radius 1 is 1.00 bits per heavy atom. The van der Waals surface area contributed by atoms with Gasteiger partial charge in [0.05, 0.1) is 0 Å². The van der Waals surface area contributed by atoms with Crippen LogP contribution < -0.4 is 0 Å². The van der Waals surface area contributed by atoms with Crippen molar-refractivity contribution in [2.24, 2.45) is 0 Å². The molecule has 0 radical (unpaired) electrons. The van der Waals surface area contributed by atoms with Gasteiger partial charge in [-0.25, -0.2) is 9.78 Å². The third-order valence-electron chi connectivity index (χ3n) is 3.81. The molecule has 4 rings (SSSR count). The van der Waals surface area contributed by atoms with Gasteiger partial charge in [-0.1, -0.05) is 48.5 Å². The normalized spacial score (nSPS) is 11.0. The van der Waals surface area contributed by atoms with Gasteiger partial charge in [0.1, 0.15) is 12.3 Å². The SMILES string of the molecule is O=C(OCc1cccc2ccccc12)c1cn2ccccc2n1. The van der Waals surface area contributed by atoms with Crippen LogP contribution in [0.4, 0.5) is 0 Å². The van der Waals surface area contributed by atoms with E-state index in [0.29, 0.717) is 5.69 Å². The van der Waals surface area contributed by atoms with E-state index in [1.54, 1.807) is 10.6 Å². The van der Waals surface area contributed by atoms with E-state index in [9.17, 15) is 4.79 Å². The number of imidazole rings is 1. The zero-order valence-corrected chi connectivity index (χ0v) is 12.3. The van der Waals surface area contributed by atoms with Crippen molar-refractivity contribution in [2.45, 2.75) is 6.61 Å². The highest BCUT2D eigenvalue weighted by atomic mass is 16.5. The Morgan fingerprint density at radius 3 is 2.74 bits per heavy atom. The smallest absolute Gasteiger partial charge is 0.358 e. The number of carbonyl (C=O) groups excluding carboxylic acids is 1. The Kier molecular flexibility index (Phi) is 3.27. The molecule has 0 amide bonds. The molecule has 4 heteroatoms. The predicted octanol–water partition coefficient (Wildman–Crippen LogP) is 3.84. The molecule has 0 unspecified atom stereocenters. The number of hydrogen-bond donors (Lipinski definition) is 0. The standard InChI is InChI=1S/C19H14N2O2/c22-19(17-12-21-11-4-3-10-18(21)20-17)23-13-15-8-5-7-14-6-1-2-9-16(14)15/h1-12H,13H2. The summed E-state index contributed by atoms with van der Waals surface area (Å²) >= 11 is 0. The number of nitrogens with zero attached hydrogens (tertiary/aromatic N) is 2. The molecule has 0 saturated carbocycles. The molecular weight excluding hydrogens is 288 g/mol. The maximum absolute atomic E-state index is 12.2. The topological polar surface area (TPSA) is 43.6 Å². The van der Waals surface area contributed by atoms with Gasteiger partial charge < -0.3 is 9.14 Å². The molecular formula is C19H14N2O2. The van der Waals surface area contributed by atoms with Crippen LogP contribution in [0.5, 0.6) is 0 Å². The van der Waals surface area contributed by atoms with Gasteiger partial charge in [0.25, 0.3) is 0 Å². The first-order chi connectivity index (χ1) is 11.3. The molecule has 0 aliphatic heterocycles. The van der Waals surface area contributed by atoms with Crippen molar-refractivity contribution >= 4 is 22.4 Å². The molecule has 2 heterocycles. The van der Waals surface area contributed by atoms with Gasteiger partial charge in [0.15, 0.2) is 5.69 Å². The number of carbonyl (C=O) groups is 1. The van der Waals surface area contributed by atoms with E-state index >= 15 is 0 Å². The number of esters is 1. The van der Waals surface area contributed by atoms with Crippen LogP contribution in [0.2, 0.25) is 0 Å². The Labute approximate surface area is 133 Å². The molecule has 0 bridgehead atoms. The highest BCUT2D eigenvalue weighted by Gasteiger charge is 2.12. The number of ether oxygens (including phenoxy) is 1. The summed E-state index contributed by atoms with van der Waals surface area (Å²) in [7, 11) is 0. The lowest BCUT2D eigenvalue weighted by molar-refractivity contribution is 0.0468. The Morgan fingerprint density at radius 2 is 1.83 bits per heavy atom. The summed E-state index contributed by atoms with van der Waals surface area (Å²) in [5, 5.41) is 2.23. The summed E-state index contributed by atoms with van der Waals surface area (Å²) in [5.41, 5.74) is 2.03. The fourth-order valence-electron chi connectivity index (χ4n) is 2.67. The minimum Gasteiger partial charge on any atom is -0.456 e. The van der Waals surface area contributed by atoms with Gasteiger partial charge in [-0.05, 0) is 28.5 Å². The fraction of sp³-hybridized carbons (Fsp3) is 0.0526. The van der Waals surface area contributed by atoms with Crippen molar-refractivity contribution in [1.82, 2.24) is 9.38 Å². The van der Waals surface area contributed by atoms with Crippen LogP contribution in [0.15, 0.2) is 73.1 Å². The quantitative estimate of drug-likeness (QED) is 0.540. The zero-order valence-electron chi connectivity index (χ0n) is 12.3.